The molecule has 1 aromatic heterocycles. The molecule has 0 bridgehead atoms. The van der Waals surface area contributed by atoms with E-state index in [9.17, 15) is 0 Å². The molecule has 0 aliphatic heterocycles. The van der Waals surface area contributed by atoms with Crippen LogP contribution in [0.5, 0.6) is 0 Å². The van der Waals surface area contributed by atoms with Crippen molar-refractivity contribution in [3.8, 4) is 0 Å². The zero-order chi connectivity index (χ0) is 6.69. The van der Waals surface area contributed by atoms with Crippen LogP contribution < -0.4 is 0 Å². The van der Waals surface area contributed by atoms with Gasteiger partial charge in [0.05, 0.1) is 0 Å². The Bertz CT molecular complexity index is 162. The summed E-state index contributed by atoms with van der Waals surface area (Å²) in [6.45, 7) is 0. The molecule has 0 aliphatic rings. The highest BCUT2D eigenvalue weighted by Crippen LogP contribution is 2.23. The average Bonchev–Trinajstić information content (AvgIpc) is 2.34. The molecule has 0 atom stereocenters. The summed E-state index contributed by atoms with van der Waals surface area (Å²) in [5.74, 6) is 0.866. The van der Waals surface area contributed by atoms with E-state index in [4.69, 9.17) is 0 Å². The molecule has 0 saturated heterocycles. The maximum atomic E-state index is 4.16. The highest BCUT2D eigenvalue weighted by Gasteiger charge is 1.94. The van der Waals surface area contributed by atoms with Crippen LogP contribution >= 0.6 is 35.7 Å². The van der Waals surface area contributed by atoms with E-state index in [0.29, 0.717) is 0 Å². The number of rotatable bonds is 2. The van der Waals surface area contributed by atoms with Crippen LogP contribution in [0.2, 0.25) is 0 Å². The van der Waals surface area contributed by atoms with E-state index in [1.165, 1.54) is 9.77 Å². The van der Waals surface area contributed by atoms with Gasteiger partial charge < -0.3 is 0 Å². The minimum atomic E-state index is 0.866. The predicted octanol–water partition coefficient (Wildman–Crippen LogP) is 2.90. The number of thiophene rings is 1. The molecule has 0 aromatic carbocycles. The molecule has 9 heavy (non-hydrogen) atoms. The summed E-state index contributed by atoms with van der Waals surface area (Å²) in [4.78, 5) is 2.70. The molecule has 1 rings (SSSR count). The first kappa shape index (κ1) is 7.51. The van der Waals surface area contributed by atoms with Gasteiger partial charge in [0.15, 0.2) is 0 Å². The average molecular weight is 176 g/mol. The van der Waals surface area contributed by atoms with Crippen LogP contribution in [0.4, 0.5) is 0 Å². The quantitative estimate of drug-likeness (QED) is 0.534. The van der Waals surface area contributed by atoms with Crippen molar-refractivity contribution in [1.29, 1.82) is 0 Å². The molecule has 50 valence electrons. The SMILES string of the molecule is CSc1csc(CS)c1. The van der Waals surface area contributed by atoms with Crippen LogP contribution in [0.1, 0.15) is 4.88 Å². The zero-order valence-corrected chi connectivity index (χ0v) is 7.65. The molecule has 1 heterocycles. The Morgan fingerprint density at radius 1 is 1.78 bits per heavy atom. The molecule has 0 unspecified atom stereocenters. The normalized spacial score (nSPS) is 10.0. The van der Waals surface area contributed by atoms with E-state index < -0.39 is 0 Å². The van der Waals surface area contributed by atoms with E-state index in [1.54, 1.807) is 23.1 Å². The number of thiol groups is 1. The molecule has 0 amide bonds. The first-order valence-corrected chi connectivity index (χ1v) is 5.32. The molecule has 0 N–H and O–H groups in total. The van der Waals surface area contributed by atoms with Gasteiger partial charge in [-0.2, -0.15) is 12.6 Å². The van der Waals surface area contributed by atoms with Gasteiger partial charge in [0.1, 0.15) is 0 Å². The summed E-state index contributed by atoms with van der Waals surface area (Å²) >= 11 is 7.72. The van der Waals surface area contributed by atoms with Crippen LogP contribution in [0, 0.1) is 0 Å². The van der Waals surface area contributed by atoms with Crippen molar-refractivity contribution < 1.29 is 0 Å². The van der Waals surface area contributed by atoms with Gasteiger partial charge in [0, 0.05) is 20.9 Å². The molecular formula is C6H8S3. The Labute approximate surface area is 69.1 Å². The monoisotopic (exact) mass is 176 g/mol. The third-order valence-corrected chi connectivity index (χ3v) is 3.37. The van der Waals surface area contributed by atoms with Gasteiger partial charge in [0.25, 0.3) is 0 Å². The van der Waals surface area contributed by atoms with Gasteiger partial charge in [-0.25, -0.2) is 0 Å². The van der Waals surface area contributed by atoms with Crippen LogP contribution in [-0.4, -0.2) is 6.26 Å². The fourth-order valence-electron chi connectivity index (χ4n) is 0.550. The van der Waals surface area contributed by atoms with E-state index >= 15 is 0 Å². The molecule has 0 fully saturated rings. The van der Waals surface area contributed by atoms with Gasteiger partial charge in [0.2, 0.25) is 0 Å². The predicted molar refractivity (Wildman–Crippen MR) is 48.8 cm³/mol. The molecule has 0 saturated carbocycles. The summed E-state index contributed by atoms with van der Waals surface area (Å²) in [7, 11) is 0. The Morgan fingerprint density at radius 3 is 2.89 bits per heavy atom. The van der Waals surface area contributed by atoms with Gasteiger partial charge in [-0.1, -0.05) is 0 Å². The Kier molecular flexibility index (Phi) is 2.95. The lowest BCUT2D eigenvalue weighted by molar-refractivity contribution is 1.48. The lowest BCUT2D eigenvalue weighted by atomic mass is 10.5. The lowest BCUT2D eigenvalue weighted by Crippen LogP contribution is -1.62. The largest absolute Gasteiger partial charge is 0.174 e. The Balaban J connectivity index is 2.74. The van der Waals surface area contributed by atoms with Crippen molar-refractivity contribution in [2.45, 2.75) is 10.6 Å². The molecule has 3 heteroatoms. The first-order valence-electron chi connectivity index (χ1n) is 2.59. The molecule has 0 nitrogen and oxygen atoms in total. The minimum absolute atomic E-state index is 0.866. The summed E-state index contributed by atoms with van der Waals surface area (Å²) < 4.78 is 0. The van der Waals surface area contributed by atoms with Crippen molar-refractivity contribution >= 4 is 35.7 Å². The molecular weight excluding hydrogens is 168 g/mol. The van der Waals surface area contributed by atoms with Gasteiger partial charge in [-0.3, -0.25) is 0 Å². The van der Waals surface area contributed by atoms with E-state index in [0.717, 1.165) is 5.75 Å². The highest BCUT2D eigenvalue weighted by atomic mass is 32.2. The second-order valence-corrected chi connectivity index (χ2v) is 3.80. The number of thioether (sulfide) groups is 1. The molecule has 0 spiro atoms. The van der Waals surface area contributed by atoms with Crippen LogP contribution in [0.25, 0.3) is 0 Å². The van der Waals surface area contributed by atoms with Crippen molar-refractivity contribution in [2.24, 2.45) is 0 Å². The second-order valence-electron chi connectivity index (χ2n) is 1.61. The van der Waals surface area contributed by atoms with Crippen LogP contribution in [-0.2, 0) is 5.75 Å². The fourth-order valence-corrected chi connectivity index (χ4v) is 2.33. The fraction of sp³-hybridized carbons (Fsp3) is 0.333. The Hall–Kier alpha value is 0.400. The number of hydrogen-bond acceptors (Lipinski definition) is 3. The van der Waals surface area contributed by atoms with Crippen molar-refractivity contribution in [3.05, 3.63) is 16.3 Å². The maximum absolute atomic E-state index is 4.16. The van der Waals surface area contributed by atoms with Crippen molar-refractivity contribution in [1.82, 2.24) is 0 Å². The second kappa shape index (κ2) is 3.54. The van der Waals surface area contributed by atoms with Crippen molar-refractivity contribution in [2.75, 3.05) is 6.26 Å². The lowest BCUT2D eigenvalue weighted by Gasteiger charge is -1.82. The van der Waals surface area contributed by atoms with E-state index in [2.05, 4.69) is 30.3 Å². The van der Waals surface area contributed by atoms with Gasteiger partial charge in [-0.15, -0.1) is 23.1 Å². The standard InChI is InChI=1S/C6H8S3/c1-8-6-2-5(3-7)9-4-6/h2,4,7H,3H2,1H3. The van der Waals surface area contributed by atoms with Gasteiger partial charge in [-0.05, 0) is 12.3 Å². The third-order valence-electron chi connectivity index (χ3n) is 1.02. The van der Waals surface area contributed by atoms with E-state index in [-0.39, 0.29) is 0 Å². The van der Waals surface area contributed by atoms with Crippen LogP contribution in [0.3, 0.4) is 0 Å². The third kappa shape index (κ3) is 1.92. The molecule has 0 radical (unpaired) electrons. The highest BCUT2D eigenvalue weighted by molar-refractivity contribution is 7.98. The summed E-state index contributed by atoms with van der Waals surface area (Å²) in [6.07, 6.45) is 2.09. The summed E-state index contributed by atoms with van der Waals surface area (Å²) in [6, 6.07) is 2.18. The van der Waals surface area contributed by atoms with Crippen LogP contribution in [0.15, 0.2) is 16.3 Å². The van der Waals surface area contributed by atoms with E-state index in [1.807, 2.05) is 0 Å². The topological polar surface area (TPSA) is 0 Å². The smallest absolute Gasteiger partial charge is 0.0249 e. The van der Waals surface area contributed by atoms with Gasteiger partial charge >= 0.3 is 0 Å². The minimum Gasteiger partial charge on any atom is -0.174 e. The molecule has 1 aromatic rings. The maximum Gasteiger partial charge on any atom is 0.0249 e. The summed E-state index contributed by atoms with van der Waals surface area (Å²) in [5, 5.41) is 2.16. The molecule has 0 aliphatic carbocycles. The Morgan fingerprint density at radius 2 is 2.56 bits per heavy atom. The zero-order valence-electron chi connectivity index (χ0n) is 5.13. The first-order chi connectivity index (χ1) is 4.36. The summed E-state index contributed by atoms with van der Waals surface area (Å²) in [5.41, 5.74) is 0. The van der Waals surface area contributed by atoms with Crippen molar-refractivity contribution in [3.63, 3.8) is 0 Å². The number of hydrogen-bond donors (Lipinski definition) is 1.